The fourth-order valence-electron chi connectivity index (χ4n) is 2.14. The number of hydrogen-bond donors (Lipinski definition) is 2. The first-order valence-corrected chi connectivity index (χ1v) is 7.17. The standard InChI is InChI=1S/C13H13IN2O4/c1-7-3-2-4-8(14)11(7)13(19)16(20)9-5-6-10(17)15-12(9)18/h2-4,9,16H,5-6H2,1H3,(H,15,17,18). The van der Waals surface area contributed by atoms with E-state index in [0.717, 1.165) is 0 Å². The van der Waals surface area contributed by atoms with Crippen LogP contribution in [0.5, 0.6) is 0 Å². The number of halogens is 1. The first kappa shape index (κ1) is 15.1. The number of hydrogen-bond acceptors (Lipinski definition) is 4. The normalized spacial score (nSPS) is 20.4. The van der Waals surface area contributed by atoms with Crippen LogP contribution in [0.25, 0.3) is 0 Å². The van der Waals surface area contributed by atoms with Gasteiger partial charge in [-0.3, -0.25) is 20.0 Å². The van der Waals surface area contributed by atoms with E-state index in [1.54, 1.807) is 25.1 Å². The highest BCUT2D eigenvalue weighted by Gasteiger charge is 2.36. The zero-order valence-electron chi connectivity index (χ0n) is 10.7. The van der Waals surface area contributed by atoms with Gasteiger partial charge in [0.05, 0.1) is 5.56 Å². The fraction of sp³-hybridized carbons (Fsp3) is 0.308. The zero-order chi connectivity index (χ0) is 14.9. The van der Waals surface area contributed by atoms with Crippen LogP contribution >= 0.6 is 22.6 Å². The van der Waals surface area contributed by atoms with Gasteiger partial charge in [-0.2, -0.15) is 0 Å². The molecule has 1 aromatic carbocycles. The van der Waals surface area contributed by atoms with Crippen molar-refractivity contribution in [1.29, 1.82) is 0 Å². The molecule has 2 N–H and O–H groups in total. The number of aryl methyl sites for hydroxylation is 1. The summed E-state index contributed by atoms with van der Waals surface area (Å²) in [5.41, 5.74) is 1.03. The number of amides is 3. The van der Waals surface area contributed by atoms with Crippen LogP contribution in [0.3, 0.4) is 0 Å². The summed E-state index contributed by atoms with van der Waals surface area (Å²) >= 11 is 1.99. The number of quaternary nitrogens is 1. The first-order valence-electron chi connectivity index (χ1n) is 6.09. The maximum absolute atomic E-state index is 12.3. The van der Waals surface area contributed by atoms with Crippen molar-refractivity contribution in [2.45, 2.75) is 25.8 Å². The molecule has 6 nitrogen and oxygen atoms in total. The summed E-state index contributed by atoms with van der Waals surface area (Å²) in [5.74, 6) is -1.75. The van der Waals surface area contributed by atoms with Crippen molar-refractivity contribution in [3.05, 3.63) is 38.1 Å². The smallest absolute Gasteiger partial charge is 0.346 e. The Morgan fingerprint density at radius 1 is 1.45 bits per heavy atom. The van der Waals surface area contributed by atoms with E-state index in [1.165, 1.54) is 0 Å². The molecule has 20 heavy (non-hydrogen) atoms. The molecule has 1 aromatic rings. The monoisotopic (exact) mass is 388 g/mol. The second-order valence-corrected chi connectivity index (χ2v) is 5.79. The highest BCUT2D eigenvalue weighted by molar-refractivity contribution is 14.1. The van der Waals surface area contributed by atoms with E-state index in [9.17, 15) is 19.6 Å². The molecule has 1 saturated heterocycles. The summed E-state index contributed by atoms with van der Waals surface area (Å²) in [6.07, 6.45) is 0.179. The summed E-state index contributed by atoms with van der Waals surface area (Å²) < 4.78 is 0.674. The van der Waals surface area contributed by atoms with Gasteiger partial charge in [-0.1, -0.05) is 12.1 Å². The Bertz CT molecular complexity index is 567. The number of imide groups is 1. The quantitative estimate of drug-likeness (QED) is 0.422. The van der Waals surface area contributed by atoms with Crippen LogP contribution < -0.4 is 10.4 Å². The average Bonchev–Trinajstić information content (AvgIpc) is 2.37. The van der Waals surface area contributed by atoms with Gasteiger partial charge in [0.25, 0.3) is 5.91 Å². The molecule has 0 saturated carbocycles. The van der Waals surface area contributed by atoms with Crippen LogP contribution in [0.1, 0.15) is 28.8 Å². The molecule has 1 heterocycles. The fourth-order valence-corrected chi connectivity index (χ4v) is 3.02. The lowest BCUT2D eigenvalue weighted by molar-refractivity contribution is -0.778. The average molecular weight is 388 g/mol. The Morgan fingerprint density at radius 2 is 2.15 bits per heavy atom. The molecule has 0 bridgehead atoms. The van der Waals surface area contributed by atoms with E-state index >= 15 is 0 Å². The highest BCUT2D eigenvalue weighted by Crippen LogP contribution is 2.15. The van der Waals surface area contributed by atoms with E-state index in [0.29, 0.717) is 14.7 Å². The molecule has 1 aliphatic heterocycles. The van der Waals surface area contributed by atoms with Crippen molar-refractivity contribution in [1.82, 2.24) is 5.32 Å². The number of rotatable bonds is 2. The zero-order valence-corrected chi connectivity index (χ0v) is 12.9. The third-order valence-electron chi connectivity index (χ3n) is 3.23. The minimum Gasteiger partial charge on any atom is -0.626 e. The number of carbonyl (C=O) groups excluding carboxylic acids is 3. The minimum atomic E-state index is -1.06. The van der Waals surface area contributed by atoms with Gasteiger partial charge in [-0.15, -0.1) is 0 Å². The van der Waals surface area contributed by atoms with Crippen LogP contribution in [0, 0.1) is 15.7 Å². The van der Waals surface area contributed by atoms with Crippen LogP contribution in [0.4, 0.5) is 0 Å². The van der Waals surface area contributed by atoms with E-state index in [-0.39, 0.29) is 12.8 Å². The second kappa shape index (κ2) is 5.98. The highest BCUT2D eigenvalue weighted by atomic mass is 127. The van der Waals surface area contributed by atoms with Crippen molar-refractivity contribution < 1.29 is 19.4 Å². The Morgan fingerprint density at radius 3 is 2.75 bits per heavy atom. The molecule has 0 spiro atoms. The van der Waals surface area contributed by atoms with E-state index in [2.05, 4.69) is 5.32 Å². The van der Waals surface area contributed by atoms with E-state index < -0.39 is 28.8 Å². The minimum absolute atomic E-state index is 0.0836. The molecule has 106 valence electrons. The Balaban J connectivity index is 2.25. The van der Waals surface area contributed by atoms with Crippen molar-refractivity contribution in [2.24, 2.45) is 0 Å². The molecule has 0 radical (unpaired) electrons. The molecule has 0 aliphatic carbocycles. The van der Waals surface area contributed by atoms with Gasteiger partial charge in [0, 0.05) is 16.4 Å². The molecular weight excluding hydrogens is 375 g/mol. The third-order valence-corrected chi connectivity index (χ3v) is 4.13. The number of hydroxylamine groups is 2. The summed E-state index contributed by atoms with van der Waals surface area (Å²) in [6.45, 7) is 1.74. The lowest BCUT2D eigenvalue weighted by Gasteiger charge is -2.30. The van der Waals surface area contributed by atoms with Gasteiger partial charge in [0.15, 0.2) is 6.04 Å². The van der Waals surface area contributed by atoms with Crippen molar-refractivity contribution in [3.63, 3.8) is 0 Å². The maximum atomic E-state index is 12.3. The molecule has 1 fully saturated rings. The van der Waals surface area contributed by atoms with E-state index in [4.69, 9.17) is 0 Å². The molecule has 0 aromatic heterocycles. The second-order valence-electron chi connectivity index (χ2n) is 4.63. The number of piperidine rings is 1. The van der Waals surface area contributed by atoms with Gasteiger partial charge in [0.2, 0.25) is 5.91 Å². The SMILES string of the molecule is Cc1cccc(I)c1C(=O)[NH+]([O-])C1CCC(=O)NC1=O. The van der Waals surface area contributed by atoms with E-state index in [1.807, 2.05) is 22.6 Å². The number of nitrogens with one attached hydrogen (secondary N) is 2. The third kappa shape index (κ3) is 2.89. The Labute approximate surface area is 129 Å². The maximum Gasteiger partial charge on any atom is 0.346 e. The number of benzene rings is 1. The van der Waals surface area contributed by atoms with Crippen LogP contribution in [-0.2, 0) is 9.59 Å². The molecular formula is C13H13IN2O4. The van der Waals surface area contributed by atoms with Gasteiger partial charge in [-0.05, 0) is 41.1 Å². The summed E-state index contributed by atoms with van der Waals surface area (Å²) in [6, 6.07) is 4.21. The molecule has 2 rings (SSSR count). The van der Waals surface area contributed by atoms with Gasteiger partial charge in [0.1, 0.15) is 0 Å². The molecule has 3 amide bonds. The van der Waals surface area contributed by atoms with Crippen molar-refractivity contribution in [2.75, 3.05) is 0 Å². The number of carbonyl (C=O) groups is 3. The first-order chi connectivity index (χ1) is 9.41. The van der Waals surface area contributed by atoms with Gasteiger partial charge in [-0.25, -0.2) is 4.79 Å². The lowest BCUT2D eigenvalue weighted by atomic mass is 10.0. The summed E-state index contributed by atoms with van der Waals surface area (Å²) in [4.78, 5) is 35.0. The van der Waals surface area contributed by atoms with Crippen molar-refractivity contribution in [3.8, 4) is 0 Å². The predicted molar refractivity (Wildman–Crippen MR) is 78.7 cm³/mol. The summed E-state index contributed by atoms with van der Waals surface area (Å²) in [5, 5.41) is 13.5. The Hall–Kier alpha value is -1.32. The predicted octanol–water partition coefficient (Wildman–Crippen LogP) is -0.0723. The Kier molecular flexibility index (Phi) is 4.51. The molecule has 7 heteroatoms. The molecule has 2 atom stereocenters. The van der Waals surface area contributed by atoms with Gasteiger partial charge >= 0.3 is 5.91 Å². The van der Waals surface area contributed by atoms with Crippen LogP contribution in [-0.4, -0.2) is 23.8 Å². The van der Waals surface area contributed by atoms with Gasteiger partial charge < -0.3 is 5.21 Å². The lowest BCUT2D eigenvalue weighted by Crippen LogP contribution is -3.15. The van der Waals surface area contributed by atoms with Crippen LogP contribution in [0.15, 0.2) is 18.2 Å². The molecule has 1 aliphatic rings. The molecule has 2 unspecified atom stereocenters. The van der Waals surface area contributed by atoms with Crippen molar-refractivity contribution >= 4 is 40.3 Å². The van der Waals surface area contributed by atoms with Crippen LogP contribution in [0.2, 0.25) is 0 Å². The summed E-state index contributed by atoms with van der Waals surface area (Å²) in [7, 11) is 0. The topological polar surface area (TPSA) is 90.7 Å². The largest absolute Gasteiger partial charge is 0.626 e.